The number of amides is 2. The highest BCUT2D eigenvalue weighted by Gasteiger charge is 2.39. The molecule has 3 rings (SSSR count). The summed E-state index contributed by atoms with van der Waals surface area (Å²) in [7, 11) is 0. The van der Waals surface area contributed by atoms with Gasteiger partial charge >= 0.3 is 0 Å². The lowest BCUT2D eigenvalue weighted by Crippen LogP contribution is -2.51. The smallest absolute Gasteiger partial charge is 0.257 e. The van der Waals surface area contributed by atoms with Crippen LogP contribution in [0.25, 0.3) is 6.08 Å². The highest BCUT2D eigenvalue weighted by Crippen LogP contribution is 2.40. The van der Waals surface area contributed by atoms with Gasteiger partial charge in [-0.15, -0.1) is 11.8 Å². The van der Waals surface area contributed by atoms with Gasteiger partial charge in [-0.2, -0.15) is 0 Å². The van der Waals surface area contributed by atoms with Crippen LogP contribution in [0.15, 0.2) is 29.2 Å². The predicted octanol–water partition coefficient (Wildman–Crippen LogP) is 3.73. The molecule has 0 radical (unpaired) electrons. The third-order valence-electron chi connectivity index (χ3n) is 5.19. The number of nitrogens with one attached hydrogen (secondary N) is 2. The maximum Gasteiger partial charge on any atom is 0.257 e. The zero-order chi connectivity index (χ0) is 19.4. The van der Waals surface area contributed by atoms with Crippen LogP contribution in [0.1, 0.15) is 45.1 Å². The number of carbonyl (C=O) groups is 2. The van der Waals surface area contributed by atoms with Crippen molar-refractivity contribution < 1.29 is 14.0 Å². The van der Waals surface area contributed by atoms with Crippen molar-refractivity contribution in [3.63, 3.8) is 0 Å². The van der Waals surface area contributed by atoms with Crippen molar-refractivity contribution >= 4 is 29.7 Å². The molecule has 1 aliphatic carbocycles. The summed E-state index contributed by atoms with van der Waals surface area (Å²) in [6, 6.07) is 6.45. The Kier molecular flexibility index (Phi) is 6.58. The van der Waals surface area contributed by atoms with Crippen molar-refractivity contribution in [1.29, 1.82) is 0 Å². The van der Waals surface area contributed by atoms with Gasteiger partial charge in [-0.1, -0.05) is 32.0 Å². The summed E-state index contributed by atoms with van der Waals surface area (Å²) in [4.78, 5) is 25.4. The SMILES string of the molecule is CC(C)CCNC(=O)C1CCC2S/C(=C/c3ccccc3F)C(=O)NC2C1. The first-order chi connectivity index (χ1) is 12.9. The molecule has 3 unspecified atom stereocenters. The summed E-state index contributed by atoms with van der Waals surface area (Å²) < 4.78 is 13.9. The summed E-state index contributed by atoms with van der Waals surface area (Å²) in [5, 5.41) is 6.30. The van der Waals surface area contributed by atoms with Gasteiger partial charge in [0.1, 0.15) is 5.82 Å². The average Bonchev–Trinajstić information content (AvgIpc) is 2.63. The Morgan fingerprint density at radius 1 is 1.37 bits per heavy atom. The number of rotatable bonds is 5. The molecule has 2 N–H and O–H groups in total. The third kappa shape index (κ3) is 5.12. The molecule has 1 aromatic carbocycles. The van der Waals surface area contributed by atoms with Crippen LogP contribution in [0, 0.1) is 17.7 Å². The monoisotopic (exact) mass is 390 g/mol. The molecule has 1 saturated carbocycles. The van der Waals surface area contributed by atoms with Gasteiger partial charge in [0.15, 0.2) is 0 Å². The largest absolute Gasteiger partial charge is 0.356 e. The Morgan fingerprint density at radius 2 is 2.15 bits per heavy atom. The summed E-state index contributed by atoms with van der Waals surface area (Å²) >= 11 is 1.51. The Balaban J connectivity index is 1.60. The van der Waals surface area contributed by atoms with E-state index in [2.05, 4.69) is 24.5 Å². The molecule has 1 saturated heterocycles. The van der Waals surface area contributed by atoms with E-state index in [0.717, 1.165) is 19.3 Å². The zero-order valence-corrected chi connectivity index (χ0v) is 16.7. The van der Waals surface area contributed by atoms with E-state index in [1.165, 1.54) is 17.8 Å². The standard InChI is InChI=1S/C21H27FN2O2S/c1-13(2)9-10-23-20(25)15-7-8-18-17(11-15)24-21(26)19(27-18)12-14-5-3-4-6-16(14)22/h3-6,12-13,15,17-18H,7-11H2,1-2H3,(H,23,25)(H,24,26)/b19-12+. The quantitative estimate of drug-likeness (QED) is 0.753. The second-order valence-electron chi connectivity index (χ2n) is 7.75. The van der Waals surface area contributed by atoms with E-state index >= 15 is 0 Å². The van der Waals surface area contributed by atoms with Gasteiger partial charge in [0.2, 0.25) is 5.91 Å². The van der Waals surface area contributed by atoms with Crippen LogP contribution in [0.5, 0.6) is 0 Å². The normalized spacial score (nSPS) is 26.6. The van der Waals surface area contributed by atoms with Crippen molar-refractivity contribution in [1.82, 2.24) is 10.6 Å². The van der Waals surface area contributed by atoms with Crippen LogP contribution in [0.4, 0.5) is 4.39 Å². The van der Waals surface area contributed by atoms with Gasteiger partial charge in [-0.3, -0.25) is 9.59 Å². The molecule has 1 aromatic rings. The molecule has 0 aromatic heterocycles. The second-order valence-corrected chi connectivity index (χ2v) is 9.03. The lowest BCUT2D eigenvalue weighted by Gasteiger charge is -2.39. The van der Waals surface area contributed by atoms with E-state index in [-0.39, 0.29) is 34.8 Å². The fraction of sp³-hybridized carbons (Fsp3) is 0.524. The molecule has 2 amide bonds. The van der Waals surface area contributed by atoms with Crippen molar-refractivity contribution in [3.05, 3.63) is 40.6 Å². The number of hydrogen-bond donors (Lipinski definition) is 2. The maximum atomic E-state index is 13.9. The summed E-state index contributed by atoms with van der Waals surface area (Å²) in [5.41, 5.74) is 0.423. The molecule has 2 fully saturated rings. The van der Waals surface area contributed by atoms with Crippen LogP contribution >= 0.6 is 11.8 Å². The molecular formula is C21H27FN2O2S. The third-order valence-corrected chi connectivity index (χ3v) is 6.61. The van der Waals surface area contributed by atoms with Gasteiger partial charge in [0.25, 0.3) is 5.91 Å². The Labute approximate surface area is 164 Å². The van der Waals surface area contributed by atoms with Crippen LogP contribution in [-0.2, 0) is 9.59 Å². The first-order valence-electron chi connectivity index (χ1n) is 9.65. The van der Waals surface area contributed by atoms with E-state index in [1.54, 1.807) is 24.3 Å². The number of hydrogen-bond acceptors (Lipinski definition) is 3. The molecule has 4 nitrogen and oxygen atoms in total. The lowest BCUT2D eigenvalue weighted by atomic mass is 9.84. The minimum atomic E-state index is -0.331. The van der Waals surface area contributed by atoms with Gasteiger partial charge in [0.05, 0.1) is 4.91 Å². The van der Waals surface area contributed by atoms with Crippen LogP contribution in [-0.4, -0.2) is 29.7 Å². The number of benzene rings is 1. The van der Waals surface area contributed by atoms with Crippen molar-refractivity contribution in [2.75, 3.05) is 6.54 Å². The molecule has 1 heterocycles. The van der Waals surface area contributed by atoms with Crippen molar-refractivity contribution in [2.45, 2.75) is 50.8 Å². The van der Waals surface area contributed by atoms with Gasteiger partial charge in [0, 0.05) is 29.3 Å². The molecule has 0 spiro atoms. The lowest BCUT2D eigenvalue weighted by molar-refractivity contribution is -0.127. The topological polar surface area (TPSA) is 58.2 Å². The van der Waals surface area contributed by atoms with Crippen LogP contribution in [0.3, 0.4) is 0 Å². The Morgan fingerprint density at radius 3 is 2.89 bits per heavy atom. The summed E-state index contributed by atoms with van der Waals surface area (Å²) in [5.74, 6) is 0.111. The molecule has 146 valence electrons. The minimum absolute atomic E-state index is 0.00475. The molecule has 6 heteroatoms. The predicted molar refractivity (Wildman–Crippen MR) is 107 cm³/mol. The number of thioether (sulfide) groups is 1. The summed E-state index contributed by atoms with van der Waals surface area (Å²) in [6.07, 6.45) is 4.96. The number of halogens is 1. The van der Waals surface area contributed by atoms with Crippen LogP contribution < -0.4 is 10.6 Å². The van der Waals surface area contributed by atoms with Gasteiger partial charge in [-0.25, -0.2) is 4.39 Å². The molecule has 27 heavy (non-hydrogen) atoms. The molecule has 1 aliphatic heterocycles. The number of carbonyl (C=O) groups excluding carboxylic acids is 2. The molecule has 3 atom stereocenters. The molecular weight excluding hydrogens is 363 g/mol. The van der Waals surface area contributed by atoms with Gasteiger partial charge in [-0.05, 0) is 43.7 Å². The highest BCUT2D eigenvalue weighted by molar-refractivity contribution is 8.04. The van der Waals surface area contributed by atoms with E-state index in [0.29, 0.717) is 29.4 Å². The maximum absolute atomic E-state index is 13.9. The van der Waals surface area contributed by atoms with E-state index in [1.807, 2.05) is 0 Å². The molecule has 0 bridgehead atoms. The first-order valence-corrected chi connectivity index (χ1v) is 10.5. The van der Waals surface area contributed by atoms with E-state index in [4.69, 9.17) is 0 Å². The van der Waals surface area contributed by atoms with E-state index in [9.17, 15) is 14.0 Å². The first kappa shape index (κ1) is 19.9. The second kappa shape index (κ2) is 8.91. The molecule has 2 aliphatic rings. The fourth-order valence-corrected chi connectivity index (χ4v) is 4.88. The minimum Gasteiger partial charge on any atom is -0.356 e. The Bertz CT molecular complexity index is 735. The van der Waals surface area contributed by atoms with E-state index < -0.39 is 0 Å². The zero-order valence-electron chi connectivity index (χ0n) is 15.8. The van der Waals surface area contributed by atoms with Crippen molar-refractivity contribution in [3.8, 4) is 0 Å². The summed E-state index contributed by atoms with van der Waals surface area (Å²) in [6.45, 7) is 4.98. The highest BCUT2D eigenvalue weighted by atomic mass is 32.2. The Hall–Kier alpha value is -1.82. The van der Waals surface area contributed by atoms with Gasteiger partial charge < -0.3 is 10.6 Å². The van der Waals surface area contributed by atoms with Crippen LogP contribution in [0.2, 0.25) is 0 Å². The fourth-order valence-electron chi connectivity index (χ4n) is 3.59. The number of fused-ring (bicyclic) bond motifs is 1. The average molecular weight is 391 g/mol. The van der Waals surface area contributed by atoms with Crippen molar-refractivity contribution in [2.24, 2.45) is 11.8 Å².